The Labute approximate surface area is 108 Å². The Hall–Kier alpha value is -1.55. The van der Waals surface area contributed by atoms with Crippen LogP contribution in [0.15, 0.2) is 24.3 Å². The van der Waals surface area contributed by atoms with Crippen molar-refractivity contribution in [3.8, 4) is 5.75 Å². The highest BCUT2D eigenvalue weighted by atomic mass is 16.5. The molecule has 1 heterocycles. The van der Waals surface area contributed by atoms with E-state index in [1.165, 1.54) is 0 Å². The molecule has 1 saturated heterocycles. The average Bonchev–Trinajstić information content (AvgIpc) is 2.41. The number of amides is 1. The minimum atomic E-state index is 0.0785. The minimum Gasteiger partial charge on any atom is -0.497 e. The highest BCUT2D eigenvalue weighted by Gasteiger charge is 2.28. The van der Waals surface area contributed by atoms with Gasteiger partial charge in [-0.05, 0) is 32.0 Å². The molecule has 1 N–H and O–H groups in total. The van der Waals surface area contributed by atoms with Gasteiger partial charge in [0.15, 0.2) is 0 Å². The van der Waals surface area contributed by atoms with Crippen LogP contribution in [-0.2, 0) is 0 Å². The predicted molar refractivity (Wildman–Crippen MR) is 71.0 cm³/mol. The number of nitrogens with one attached hydrogen (secondary N) is 1. The van der Waals surface area contributed by atoms with E-state index in [9.17, 15) is 4.79 Å². The number of rotatable bonds is 2. The van der Waals surface area contributed by atoms with E-state index in [0.29, 0.717) is 11.6 Å². The van der Waals surface area contributed by atoms with E-state index in [-0.39, 0.29) is 11.9 Å². The molecular formula is C14H20N2O2. The van der Waals surface area contributed by atoms with E-state index in [0.717, 1.165) is 18.8 Å². The summed E-state index contributed by atoms with van der Waals surface area (Å²) in [4.78, 5) is 14.4. The van der Waals surface area contributed by atoms with Gasteiger partial charge in [-0.2, -0.15) is 0 Å². The van der Waals surface area contributed by atoms with Crippen molar-refractivity contribution in [2.24, 2.45) is 0 Å². The van der Waals surface area contributed by atoms with Gasteiger partial charge in [0.1, 0.15) is 5.75 Å². The molecule has 0 aliphatic carbocycles. The maximum atomic E-state index is 12.5. The highest BCUT2D eigenvalue weighted by Crippen LogP contribution is 2.17. The lowest BCUT2D eigenvalue weighted by molar-refractivity contribution is 0.0602. The zero-order valence-corrected chi connectivity index (χ0v) is 11.1. The smallest absolute Gasteiger partial charge is 0.254 e. The number of hydrogen-bond donors (Lipinski definition) is 1. The van der Waals surface area contributed by atoms with Crippen molar-refractivity contribution in [2.45, 2.75) is 25.9 Å². The Morgan fingerprint density at radius 1 is 1.44 bits per heavy atom. The Morgan fingerprint density at radius 2 is 2.22 bits per heavy atom. The maximum Gasteiger partial charge on any atom is 0.254 e. The second-order valence-electron chi connectivity index (χ2n) is 4.71. The molecule has 0 saturated carbocycles. The third-order valence-electron chi connectivity index (χ3n) is 3.61. The van der Waals surface area contributed by atoms with Crippen LogP contribution in [0.25, 0.3) is 0 Å². The summed E-state index contributed by atoms with van der Waals surface area (Å²) in [5, 5.41) is 3.37. The fourth-order valence-corrected chi connectivity index (χ4v) is 2.27. The number of carbonyl (C=O) groups excluding carboxylic acids is 1. The van der Waals surface area contributed by atoms with Crippen LogP contribution in [0.4, 0.5) is 0 Å². The van der Waals surface area contributed by atoms with Gasteiger partial charge in [-0.25, -0.2) is 0 Å². The van der Waals surface area contributed by atoms with Gasteiger partial charge in [0.05, 0.1) is 7.11 Å². The zero-order valence-electron chi connectivity index (χ0n) is 11.1. The first-order valence-corrected chi connectivity index (χ1v) is 6.32. The van der Waals surface area contributed by atoms with Gasteiger partial charge < -0.3 is 15.0 Å². The molecule has 18 heavy (non-hydrogen) atoms. The van der Waals surface area contributed by atoms with Crippen LogP contribution in [0, 0.1) is 0 Å². The fourth-order valence-electron chi connectivity index (χ4n) is 2.27. The van der Waals surface area contributed by atoms with Crippen LogP contribution in [0.2, 0.25) is 0 Å². The van der Waals surface area contributed by atoms with Gasteiger partial charge in [-0.15, -0.1) is 0 Å². The van der Waals surface area contributed by atoms with Gasteiger partial charge in [0.2, 0.25) is 0 Å². The van der Waals surface area contributed by atoms with Crippen LogP contribution < -0.4 is 10.1 Å². The van der Waals surface area contributed by atoms with E-state index in [2.05, 4.69) is 19.2 Å². The van der Waals surface area contributed by atoms with E-state index >= 15 is 0 Å². The van der Waals surface area contributed by atoms with E-state index in [1.54, 1.807) is 13.2 Å². The molecule has 0 aromatic heterocycles. The van der Waals surface area contributed by atoms with Crippen molar-refractivity contribution in [1.29, 1.82) is 0 Å². The third kappa shape index (κ3) is 2.48. The Kier molecular flexibility index (Phi) is 3.87. The summed E-state index contributed by atoms with van der Waals surface area (Å²) < 4.78 is 5.16. The van der Waals surface area contributed by atoms with Gasteiger partial charge in [-0.3, -0.25) is 4.79 Å². The molecule has 2 rings (SSSR count). The molecule has 98 valence electrons. The van der Waals surface area contributed by atoms with Gasteiger partial charge in [0.25, 0.3) is 5.91 Å². The van der Waals surface area contributed by atoms with Crippen molar-refractivity contribution in [3.63, 3.8) is 0 Å². The summed E-state index contributed by atoms with van der Waals surface area (Å²) in [5.74, 6) is 0.798. The average molecular weight is 248 g/mol. The number of hydrogen-bond acceptors (Lipinski definition) is 3. The maximum absolute atomic E-state index is 12.5. The molecule has 0 radical (unpaired) electrons. The number of benzene rings is 1. The molecule has 1 aliphatic rings. The fraction of sp³-hybridized carbons (Fsp3) is 0.500. The van der Waals surface area contributed by atoms with Crippen LogP contribution in [0.5, 0.6) is 5.75 Å². The first-order chi connectivity index (χ1) is 8.63. The minimum absolute atomic E-state index is 0.0785. The molecule has 1 aliphatic heterocycles. The molecule has 4 heteroatoms. The van der Waals surface area contributed by atoms with Crippen LogP contribution in [-0.4, -0.2) is 43.1 Å². The van der Waals surface area contributed by atoms with E-state index in [1.807, 2.05) is 23.1 Å². The van der Waals surface area contributed by atoms with E-state index < -0.39 is 0 Å². The molecule has 1 fully saturated rings. The lowest BCUT2D eigenvalue weighted by Crippen LogP contribution is -2.57. The largest absolute Gasteiger partial charge is 0.497 e. The third-order valence-corrected chi connectivity index (χ3v) is 3.61. The number of piperazine rings is 1. The number of ether oxygens (including phenoxy) is 1. The van der Waals surface area contributed by atoms with Crippen LogP contribution in [0.1, 0.15) is 24.2 Å². The predicted octanol–water partition coefficient (Wildman–Crippen LogP) is 1.52. The van der Waals surface area contributed by atoms with Crippen molar-refractivity contribution in [3.05, 3.63) is 29.8 Å². The molecule has 1 aromatic carbocycles. The molecule has 1 amide bonds. The zero-order chi connectivity index (χ0) is 13.1. The first kappa shape index (κ1) is 12.9. The topological polar surface area (TPSA) is 41.6 Å². The summed E-state index contributed by atoms with van der Waals surface area (Å²) in [6.07, 6.45) is 0. The van der Waals surface area contributed by atoms with Crippen molar-refractivity contribution < 1.29 is 9.53 Å². The summed E-state index contributed by atoms with van der Waals surface area (Å²) in [6, 6.07) is 7.86. The summed E-state index contributed by atoms with van der Waals surface area (Å²) in [7, 11) is 1.61. The monoisotopic (exact) mass is 248 g/mol. The summed E-state index contributed by atoms with van der Waals surface area (Å²) in [5.41, 5.74) is 0.690. The van der Waals surface area contributed by atoms with E-state index in [4.69, 9.17) is 4.74 Å². The van der Waals surface area contributed by atoms with Crippen molar-refractivity contribution in [1.82, 2.24) is 10.2 Å². The quantitative estimate of drug-likeness (QED) is 0.862. The molecule has 4 nitrogen and oxygen atoms in total. The molecule has 1 aromatic rings. The molecule has 0 spiro atoms. The highest BCUT2D eigenvalue weighted by molar-refractivity contribution is 5.95. The SMILES string of the molecule is COc1cccc(C(=O)N2CCNC(C)C2C)c1. The normalized spacial score (nSPS) is 23.8. The lowest BCUT2D eigenvalue weighted by atomic mass is 10.1. The number of carbonyl (C=O) groups is 1. The molecule has 2 unspecified atom stereocenters. The lowest BCUT2D eigenvalue weighted by Gasteiger charge is -2.38. The Bertz CT molecular complexity index is 434. The Morgan fingerprint density at radius 3 is 2.94 bits per heavy atom. The standard InChI is InChI=1S/C14H20N2O2/c1-10-11(2)16(8-7-15-10)14(17)12-5-4-6-13(9-12)18-3/h4-6,9-11,15H,7-8H2,1-3H3. The summed E-state index contributed by atoms with van der Waals surface area (Å²) in [6.45, 7) is 5.79. The van der Waals surface area contributed by atoms with Gasteiger partial charge in [0, 0.05) is 30.7 Å². The number of nitrogens with zero attached hydrogens (tertiary/aromatic N) is 1. The molecular weight excluding hydrogens is 228 g/mol. The Balaban J connectivity index is 2.19. The van der Waals surface area contributed by atoms with Crippen molar-refractivity contribution in [2.75, 3.05) is 20.2 Å². The summed E-state index contributed by atoms with van der Waals surface area (Å²) >= 11 is 0. The first-order valence-electron chi connectivity index (χ1n) is 6.32. The molecule has 2 atom stereocenters. The van der Waals surface area contributed by atoms with Crippen molar-refractivity contribution >= 4 is 5.91 Å². The second-order valence-corrected chi connectivity index (χ2v) is 4.71. The molecule has 0 bridgehead atoms. The van der Waals surface area contributed by atoms with Gasteiger partial charge in [-0.1, -0.05) is 6.07 Å². The van der Waals surface area contributed by atoms with Crippen LogP contribution in [0.3, 0.4) is 0 Å². The van der Waals surface area contributed by atoms with Gasteiger partial charge >= 0.3 is 0 Å². The second kappa shape index (κ2) is 5.40. The number of methoxy groups -OCH3 is 1. The van der Waals surface area contributed by atoms with Crippen LogP contribution >= 0.6 is 0 Å².